The van der Waals surface area contributed by atoms with Crippen LogP contribution in [0.5, 0.6) is 0 Å². The molecule has 3 amide bonds. The second kappa shape index (κ2) is 6.92. The van der Waals surface area contributed by atoms with Gasteiger partial charge in [0, 0.05) is 24.6 Å². The van der Waals surface area contributed by atoms with Crippen molar-refractivity contribution in [2.75, 3.05) is 11.9 Å². The molecule has 4 rings (SSSR count). The molecule has 0 aliphatic carbocycles. The number of carbonyl (C=O) groups excluding carboxylic acids is 3. The molecule has 0 saturated heterocycles. The van der Waals surface area contributed by atoms with Crippen molar-refractivity contribution < 1.29 is 18.8 Å². The molecule has 0 radical (unpaired) electrons. The van der Waals surface area contributed by atoms with E-state index in [1.807, 2.05) is 13.8 Å². The molecular formula is C21H19N3O4. The van der Waals surface area contributed by atoms with Gasteiger partial charge in [-0.15, -0.1) is 0 Å². The molecule has 1 aliphatic rings. The summed E-state index contributed by atoms with van der Waals surface area (Å²) in [5.41, 5.74) is 2.67. The molecule has 0 spiro atoms. The van der Waals surface area contributed by atoms with Crippen molar-refractivity contribution in [3.63, 3.8) is 0 Å². The zero-order chi connectivity index (χ0) is 19.8. The highest BCUT2D eigenvalue weighted by Crippen LogP contribution is 2.25. The molecule has 0 unspecified atom stereocenters. The number of oxazole rings is 1. The Kier molecular flexibility index (Phi) is 4.43. The Labute approximate surface area is 161 Å². The summed E-state index contributed by atoms with van der Waals surface area (Å²) in [6.45, 7) is 4.02. The second-order valence-electron chi connectivity index (χ2n) is 7.00. The summed E-state index contributed by atoms with van der Waals surface area (Å²) >= 11 is 0. The molecule has 28 heavy (non-hydrogen) atoms. The second-order valence-corrected chi connectivity index (χ2v) is 7.00. The monoisotopic (exact) mass is 377 g/mol. The average Bonchev–Trinajstić information content (AvgIpc) is 3.20. The van der Waals surface area contributed by atoms with Crippen molar-refractivity contribution in [3.8, 4) is 0 Å². The van der Waals surface area contributed by atoms with E-state index in [9.17, 15) is 14.4 Å². The van der Waals surface area contributed by atoms with Crippen molar-refractivity contribution in [3.05, 3.63) is 59.5 Å². The molecule has 1 N–H and O–H groups in total. The number of hydrogen-bond acceptors (Lipinski definition) is 5. The number of anilines is 1. The van der Waals surface area contributed by atoms with Crippen molar-refractivity contribution >= 4 is 34.5 Å². The number of aromatic nitrogens is 1. The average molecular weight is 377 g/mol. The normalized spacial score (nSPS) is 13.5. The molecule has 0 atom stereocenters. The van der Waals surface area contributed by atoms with Crippen LogP contribution in [0.25, 0.3) is 11.1 Å². The first kappa shape index (κ1) is 17.9. The zero-order valence-corrected chi connectivity index (χ0v) is 15.6. The van der Waals surface area contributed by atoms with Crippen LogP contribution in [0.15, 0.2) is 46.9 Å². The predicted octanol–water partition coefficient (Wildman–Crippen LogP) is 3.58. The smallest absolute Gasteiger partial charge is 0.261 e. The molecular weight excluding hydrogens is 358 g/mol. The van der Waals surface area contributed by atoms with Gasteiger partial charge in [-0.2, -0.15) is 0 Å². The molecule has 7 nitrogen and oxygen atoms in total. The van der Waals surface area contributed by atoms with Gasteiger partial charge in [-0.3, -0.25) is 19.3 Å². The fourth-order valence-electron chi connectivity index (χ4n) is 3.15. The zero-order valence-electron chi connectivity index (χ0n) is 15.6. The van der Waals surface area contributed by atoms with Crippen molar-refractivity contribution in [2.45, 2.75) is 26.2 Å². The van der Waals surface area contributed by atoms with E-state index >= 15 is 0 Å². The maximum Gasteiger partial charge on any atom is 0.261 e. The first-order valence-corrected chi connectivity index (χ1v) is 9.09. The molecule has 7 heteroatoms. The minimum Gasteiger partial charge on any atom is -0.440 e. The fourth-order valence-corrected chi connectivity index (χ4v) is 3.15. The van der Waals surface area contributed by atoms with Crippen molar-refractivity contribution in [1.29, 1.82) is 0 Å². The highest BCUT2D eigenvalue weighted by Gasteiger charge is 2.34. The van der Waals surface area contributed by atoms with Gasteiger partial charge in [0.15, 0.2) is 11.5 Å². The Balaban J connectivity index is 1.41. The third-order valence-electron chi connectivity index (χ3n) is 4.62. The third kappa shape index (κ3) is 3.15. The van der Waals surface area contributed by atoms with Gasteiger partial charge in [-0.25, -0.2) is 4.98 Å². The lowest BCUT2D eigenvalue weighted by atomic mass is 10.1. The van der Waals surface area contributed by atoms with Crippen LogP contribution >= 0.6 is 0 Å². The minimum atomic E-state index is -0.362. The predicted molar refractivity (Wildman–Crippen MR) is 103 cm³/mol. The molecule has 0 fully saturated rings. The lowest BCUT2D eigenvalue weighted by Crippen LogP contribution is -2.32. The highest BCUT2D eigenvalue weighted by atomic mass is 16.3. The van der Waals surface area contributed by atoms with Gasteiger partial charge in [-0.05, 0) is 30.3 Å². The summed E-state index contributed by atoms with van der Waals surface area (Å²) in [7, 11) is 0. The third-order valence-corrected chi connectivity index (χ3v) is 4.62. The molecule has 3 aromatic rings. The number of imide groups is 1. The number of benzene rings is 2. The van der Waals surface area contributed by atoms with Gasteiger partial charge in [-0.1, -0.05) is 26.0 Å². The number of fused-ring (bicyclic) bond motifs is 2. The molecule has 1 aromatic heterocycles. The van der Waals surface area contributed by atoms with Gasteiger partial charge in [0.25, 0.3) is 11.8 Å². The number of amides is 3. The van der Waals surface area contributed by atoms with E-state index in [1.165, 1.54) is 0 Å². The topological polar surface area (TPSA) is 92.5 Å². The number of rotatable bonds is 5. The van der Waals surface area contributed by atoms with E-state index in [0.717, 1.165) is 4.90 Å². The summed E-state index contributed by atoms with van der Waals surface area (Å²) in [5.74, 6) is -0.199. The van der Waals surface area contributed by atoms with Gasteiger partial charge in [0.2, 0.25) is 5.91 Å². The summed E-state index contributed by atoms with van der Waals surface area (Å²) in [6.07, 6.45) is 0.0135. The van der Waals surface area contributed by atoms with Gasteiger partial charge >= 0.3 is 0 Å². The van der Waals surface area contributed by atoms with Crippen molar-refractivity contribution in [2.24, 2.45) is 0 Å². The Bertz CT molecular complexity index is 1060. The lowest BCUT2D eigenvalue weighted by Gasteiger charge is -2.13. The number of hydrogen-bond donors (Lipinski definition) is 1. The van der Waals surface area contributed by atoms with Crippen LogP contribution in [0.2, 0.25) is 0 Å². The molecule has 1 aliphatic heterocycles. The van der Waals surface area contributed by atoms with E-state index in [4.69, 9.17) is 4.42 Å². The quantitative estimate of drug-likeness (QED) is 0.686. The summed E-state index contributed by atoms with van der Waals surface area (Å²) in [6, 6.07) is 11.9. The lowest BCUT2D eigenvalue weighted by molar-refractivity contribution is -0.116. The first-order chi connectivity index (χ1) is 13.4. The van der Waals surface area contributed by atoms with Gasteiger partial charge < -0.3 is 9.73 Å². The van der Waals surface area contributed by atoms with Crippen LogP contribution in [0, 0.1) is 0 Å². The Morgan fingerprint density at radius 1 is 1.11 bits per heavy atom. The maximum atomic E-state index is 12.3. The van der Waals surface area contributed by atoms with E-state index < -0.39 is 0 Å². The van der Waals surface area contributed by atoms with Gasteiger partial charge in [0.1, 0.15) is 5.52 Å². The van der Waals surface area contributed by atoms with E-state index in [0.29, 0.717) is 33.8 Å². The Hall–Kier alpha value is -3.48. The minimum absolute atomic E-state index is 0.0135. The van der Waals surface area contributed by atoms with Crippen LogP contribution in [-0.2, 0) is 4.79 Å². The van der Waals surface area contributed by atoms with E-state index in [2.05, 4.69) is 10.3 Å². The SMILES string of the molecule is CC(C)c1nc2cc(NC(=O)CCN3C(=O)c4ccccc4C3=O)ccc2o1. The largest absolute Gasteiger partial charge is 0.440 e. The summed E-state index contributed by atoms with van der Waals surface area (Å²) in [5, 5.41) is 2.78. The van der Waals surface area contributed by atoms with Crippen LogP contribution in [0.4, 0.5) is 5.69 Å². The number of nitrogens with one attached hydrogen (secondary N) is 1. The van der Waals surface area contributed by atoms with Crippen molar-refractivity contribution in [1.82, 2.24) is 9.88 Å². The summed E-state index contributed by atoms with van der Waals surface area (Å²) in [4.78, 5) is 42.5. The van der Waals surface area contributed by atoms with Crippen LogP contribution in [0.1, 0.15) is 52.8 Å². The molecule has 2 heterocycles. The Morgan fingerprint density at radius 3 is 2.43 bits per heavy atom. The highest BCUT2D eigenvalue weighted by molar-refractivity contribution is 6.21. The first-order valence-electron chi connectivity index (χ1n) is 9.09. The van der Waals surface area contributed by atoms with E-state index in [-0.39, 0.29) is 36.6 Å². The number of nitrogens with zero attached hydrogens (tertiary/aromatic N) is 2. The number of carbonyl (C=O) groups is 3. The van der Waals surface area contributed by atoms with Crippen LogP contribution in [0.3, 0.4) is 0 Å². The fraction of sp³-hybridized carbons (Fsp3) is 0.238. The molecule has 0 bridgehead atoms. The standard InChI is InChI=1S/C21H19N3O4/c1-12(2)19-23-16-11-13(7-8-17(16)28-19)22-18(25)9-10-24-20(26)14-5-3-4-6-15(14)21(24)27/h3-8,11-12H,9-10H2,1-2H3,(H,22,25). The molecule has 0 saturated carbocycles. The molecule has 142 valence electrons. The van der Waals surface area contributed by atoms with Crippen LogP contribution in [-0.4, -0.2) is 34.2 Å². The van der Waals surface area contributed by atoms with Gasteiger partial charge in [0.05, 0.1) is 11.1 Å². The van der Waals surface area contributed by atoms with E-state index in [1.54, 1.807) is 42.5 Å². The molecule has 2 aromatic carbocycles. The maximum absolute atomic E-state index is 12.3. The van der Waals surface area contributed by atoms with Crippen LogP contribution < -0.4 is 5.32 Å². The summed E-state index contributed by atoms with van der Waals surface area (Å²) < 4.78 is 5.65. The Morgan fingerprint density at radius 2 is 1.79 bits per heavy atom.